The number of aromatic nitrogens is 1. The van der Waals surface area contributed by atoms with Crippen molar-refractivity contribution in [3.8, 4) is 0 Å². The van der Waals surface area contributed by atoms with Gasteiger partial charge in [-0.1, -0.05) is 23.4 Å². The van der Waals surface area contributed by atoms with E-state index in [1.165, 1.54) is 5.69 Å². The molecule has 8 heteroatoms. The quantitative estimate of drug-likeness (QED) is 0.254. The Bertz CT molecular complexity index is 701. The smallest absolute Gasteiger partial charge is 0.194 e. The number of halogens is 1. The third kappa shape index (κ3) is 7.50. The molecule has 7 nitrogen and oxygen atoms in total. The molecule has 1 fully saturated rings. The van der Waals surface area contributed by atoms with E-state index in [9.17, 15) is 0 Å². The van der Waals surface area contributed by atoms with Crippen molar-refractivity contribution in [1.29, 1.82) is 0 Å². The number of hydrogen-bond acceptors (Lipinski definition) is 5. The number of hydrogen-bond donors (Lipinski definition) is 1. The molecule has 0 spiro atoms. The summed E-state index contributed by atoms with van der Waals surface area (Å²) in [6.45, 7) is 9.67. The number of benzene rings is 1. The lowest BCUT2D eigenvalue weighted by molar-refractivity contribution is 0.169. The van der Waals surface area contributed by atoms with Crippen LogP contribution in [0.3, 0.4) is 0 Å². The van der Waals surface area contributed by atoms with E-state index >= 15 is 0 Å². The van der Waals surface area contributed by atoms with Crippen molar-refractivity contribution < 1.29 is 4.52 Å². The maximum absolute atomic E-state index is 4.93. The zero-order valence-electron chi connectivity index (χ0n) is 17.5. The summed E-state index contributed by atoms with van der Waals surface area (Å²) in [5, 5.41) is 7.46. The first kappa shape index (κ1) is 23.5. The van der Waals surface area contributed by atoms with E-state index in [-0.39, 0.29) is 24.0 Å². The lowest BCUT2D eigenvalue weighted by Gasteiger charge is -2.36. The Hall–Kier alpha value is -1.81. The van der Waals surface area contributed by atoms with Crippen molar-refractivity contribution in [1.82, 2.24) is 20.3 Å². The molecule has 0 bridgehead atoms. The van der Waals surface area contributed by atoms with E-state index in [1.54, 1.807) is 6.26 Å². The maximum Gasteiger partial charge on any atom is 0.194 e. The molecule has 1 N–H and O–H groups in total. The Morgan fingerprint density at radius 1 is 1.17 bits per heavy atom. The van der Waals surface area contributed by atoms with Gasteiger partial charge in [-0.3, -0.25) is 9.89 Å². The number of para-hydroxylation sites is 1. The second-order valence-electron chi connectivity index (χ2n) is 7.10. The van der Waals surface area contributed by atoms with E-state index in [2.05, 4.69) is 69.5 Å². The molecule has 0 atom stereocenters. The third-order valence-electron chi connectivity index (χ3n) is 4.99. The molecule has 0 radical (unpaired) electrons. The lowest BCUT2D eigenvalue weighted by atomic mass is 10.3. The topological polar surface area (TPSA) is 60.1 Å². The van der Waals surface area contributed by atoms with Gasteiger partial charge in [0.25, 0.3) is 0 Å². The molecule has 160 valence electrons. The summed E-state index contributed by atoms with van der Waals surface area (Å²) in [4.78, 5) is 11.9. The van der Waals surface area contributed by atoms with Gasteiger partial charge in [0, 0.05) is 71.2 Å². The van der Waals surface area contributed by atoms with Crippen molar-refractivity contribution in [2.75, 3.05) is 57.8 Å². The lowest BCUT2D eigenvalue weighted by Crippen LogP contribution is -2.52. The van der Waals surface area contributed by atoms with Gasteiger partial charge in [0.1, 0.15) is 6.26 Å². The normalized spacial score (nSPS) is 15.1. The van der Waals surface area contributed by atoms with Gasteiger partial charge in [-0.05, 0) is 25.5 Å². The molecule has 1 aromatic heterocycles. The van der Waals surface area contributed by atoms with Gasteiger partial charge in [-0.15, -0.1) is 24.0 Å². The molecule has 1 aliphatic rings. The Kier molecular flexibility index (Phi) is 10.3. The van der Waals surface area contributed by atoms with Crippen LogP contribution >= 0.6 is 24.0 Å². The number of rotatable bonds is 8. The van der Waals surface area contributed by atoms with Gasteiger partial charge < -0.3 is 19.6 Å². The Balaban J connectivity index is 0.00000300. The van der Waals surface area contributed by atoms with Crippen LogP contribution in [0.5, 0.6) is 0 Å². The predicted molar refractivity (Wildman–Crippen MR) is 129 cm³/mol. The summed E-state index contributed by atoms with van der Waals surface area (Å²) >= 11 is 0. The van der Waals surface area contributed by atoms with Crippen molar-refractivity contribution >= 4 is 35.6 Å². The van der Waals surface area contributed by atoms with Crippen LogP contribution < -0.4 is 10.2 Å². The van der Waals surface area contributed by atoms with Crippen LogP contribution in [0.2, 0.25) is 0 Å². The molecule has 0 unspecified atom stereocenters. The van der Waals surface area contributed by atoms with Crippen LogP contribution in [0.4, 0.5) is 5.69 Å². The van der Waals surface area contributed by atoms with Crippen LogP contribution in [0, 0.1) is 0 Å². The fraction of sp³-hybridized carbons (Fsp3) is 0.524. The number of nitrogens with one attached hydrogen (secondary N) is 1. The number of guanidine groups is 1. The molecule has 0 amide bonds. The van der Waals surface area contributed by atoms with E-state index in [0.717, 1.165) is 70.4 Å². The van der Waals surface area contributed by atoms with Crippen molar-refractivity contribution in [3.05, 3.63) is 48.4 Å². The minimum atomic E-state index is 0. The highest BCUT2D eigenvalue weighted by atomic mass is 127. The SMILES string of the molecule is CCNC(=NCCCN(C)c1ccccc1)N1CCN(Cc2ccon2)CC1.I. The van der Waals surface area contributed by atoms with E-state index < -0.39 is 0 Å². The molecular formula is C21H33IN6O. The molecule has 0 saturated carbocycles. The van der Waals surface area contributed by atoms with Crippen LogP contribution in [0.15, 0.2) is 52.2 Å². The Labute approximate surface area is 191 Å². The molecule has 1 aliphatic heterocycles. The summed E-state index contributed by atoms with van der Waals surface area (Å²) in [6, 6.07) is 12.4. The first-order chi connectivity index (χ1) is 13.8. The fourth-order valence-electron chi connectivity index (χ4n) is 3.40. The monoisotopic (exact) mass is 512 g/mol. The van der Waals surface area contributed by atoms with E-state index in [0.29, 0.717) is 0 Å². The van der Waals surface area contributed by atoms with Gasteiger partial charge in [0.2, 0.25) is 0 Å². The van der Waals surface area contributed by atoms with Gasteiger partial charge >= 0.3 is 0 Å². The van der Waals surface area contributed by atoms with Crippen molar-refractivity contribution in [3.63, 3.8) is 0 Å². The highest BCUT2D eigenvalue weighted by Gasteiger charge is 2.20. The second kappa shape index (κ2) is 12.7. The van der Waals surface area contributed by atoms with Crippen LogP contribution in [-0.4, -0.2) is 73.8 Å². The highest BCUT2D eigenvalue weighted by Crippen LogP contribution is 2.11. The zero-order valence-corrected chi connectivity index (χ0v) is 19.8. The first-order valence-corrected chi connectivity index (χ1v) is 10.2. The second-order valence-corrected chi connectivity index (χ2v) is 7.10. The van der Waals surface area contributed by atoms with Crippen molar-refractivity contribution in [2.24, 2.45) is 4.99 Å². The highest BCUT2D eigenvalue weighted by molar-refractivity contribution is 14.0. The summed E-state index contributed by atoms with van der Waals surface area (Å²) in [6.07, 6.45) is 2.67. The standard InChI is InChI=1S/C21H32N6O.HI/c1-3-22-21(23-11-7-12-25(2)20-8-5-4-6-9-20)27-15-13-26(14-16-27)18-19-10-17-28-24-19;/h4-6,8-10,17H,3,7,11-16,18H2,1-2H3,(H,22,23);1H. The molecule has 2 heterocycles. The first-order valence-electron chi connectivity index (χ1n) is 10.2. The average Bonchev–Trinajstić information content (AvgIpc) is 3.24. The maximum atomic E-state index is 4.93. The molecule has 1 saturated heterocycles. The number of nitrogens with zero attached hydrogens (tertiary/aromatic N) is 5. The zero-order chi connectivity index (χ0) is 19.6. The molecule has 1 aromatic carbocycles. The molecule has 3 rings (SSSR count). The largest absolute Gasteiger partial charge is 0.375 e. The minimum Gasteiger partial charge on any atom is -0.375 e. The number of anilines is 1. The van der Waals surface area contributed by atoms with Gasteiger partial charge in [0.05, 0.1) is 5.69 Å². The number of aliphatic imine (C=N–C) groups is 1. The fourth-order valence-corrected chi connectivity index (χ4v) is 3.40. The molecule has 2 aromatic rings. The summed E-state index contributed by atoms with van der Waals surface area (Å²) in [5.41, 5.74) is 2.25. The third-order valence-corrected chi connectivity index (χ3v) is 4.99. The van der Waals surface area contributed by atoms with Crippen LogP contribution in [-0.2, 0) is 6.54 Å². The van der Waals surface area contributed by atoms with E-state index in [4.69, 9.17) is 9.52 Å². The van der Waals surface area contributed by atoms with Crippen LogP contribution in [0.25, 0.3) is 0 Å². The molecule has 0 aliphatic carbocycles. The average molecular weight is 512 g/mol. The Morgan fingerprint density at radius 2 is 1.93 bits per heavy atom. The van der Waals surface area contributed by atoms with Crippen LogP contribution in [0.1, 0.15) is 19.0 Å². The molecular weight excluding hydrogens is 479 g/mol. The minimum absolute atomic E-state index is 0. The summed E-state index contributed by atoms with van der Waals surface area (Å²) in [7, 11) is 2.14. The van der Waals surface area contributed by atoms with Gasteiger partial charge in [0.15, 0.2) is 5.96 Å². The van der Waals surface area contributed by atoms with E-state index in [1.807, 2.05) is 6.07 Å². The molecule has 29 heavy (non-hydrogen) atoms. The summed E-state index contributed by atoms with van der Waals surface area (Å²) < 4.78 is 4.93. The summed E-state index contributed by atoms with van der Waals surface area (Å²) in [5.74, 6) is 1.03. The van der Waals surface area contributed by atoms with Gasteiger partial charge in [-0.25, -0.2) is 0 Å². The van der Waals surface area contributed by atoms with Gasteiger partial charge in [-0.2, -0.15) is 0 Å². The van der Waals surface area contributed by atoms with Crippen molar-refractivity contribution in [2.45, 2.75) is 19.9 Å². The predicted octanol–water partition coefficient (Wildman–Crippen LogP) is 2.90. The Morgan fingerprint density at radius 3 is 2.59 bits per heavy atom. The number of piperazine rings is 1.